The number of benzene rings is 2. The number of aryl methyl sites for hydroxylation is 1. The van der Waals surface area contributed by atoms with E-state index in [-0.39, 0.29) is 6.04 Å². The molecule has 3 aromatic rings. The van der Waals surface area contributed by atoms with Gasteiger partial charge in [0.2, 0.25) is 0 Å². The fraction of sp³-hybridized carbons (Fsp3) is 0.176. The van der Waals surface area contributed by atoms with Crippen molar-refractivity contribution in [2.45, 2.75) is 13.0 Å². The number of methoxy groups -OCH3 is 1. The van der Waals surface area contributed by atoms with Gasteiger partial charge in [-0.25, -0.2) is 0 Å². The summed E-state index contributed by atoms with van der Waals surface area (Å²) in [4.78, 5) is 0. The molecule has 4 heteroatoms. The maximum Gasteiger partial charge on any atom is 0.152 e. The van der Waals surface area contributed by atoms with Gasteiger partial charge < -0.3 is 14.9 Å². The molecule has 0 aliphatic rings. The Labute approximate surface area is 128 Å². The average Bonchev–Trinajstić information content (AvgIpc) is 2.92. The first-order valence-electron chi connectivity index (χ1n) is 6.68. The maximum absolute atomic E-state index is 6.31. The van der Waals surface area contributed by atoms with E-state index in [1.54, 1.807) is 13.2 Å². The minimum absolute atomic E-state index is 0.335. The van der Waals surface area contributed by atoms with Crippen LogP contribution < -0.4 is 10.5 Å². The van der Waals surface area contributed by atoms with E-state index in [0.29, 0.717) is 16.4 Å². The number of hydrogen-bond donors (Lipinski definition) is 1. The highest BCUT2D eigenvalue weighted by Crippen LogP contribution is 2.32. The number of fused-ring (bicyclic) bond motifs is 1. The molecule has 2 aromatic carbocycles. The lowest BCUT2D eigenvalue weighted by atomic mass is 10.0. The van der Waals surface area contributed by atoms with Crippen molar-refractivity contribution in [3.05, 3.63) is 64.4 Å². The van der Waals surface area contributed by atoms with Crippen LogP contribution in [-0.2, 0) is 0 Å². The number of rotatable bonds is 3. The lowest BCUT2D eigenvalue weighted by Crippen LogP contribution is -2.11. The van der Waals surface area contributed by atoms with Crippen LogP contribution in [0.2, 0.25) is 5.02 Å². The number of nitrogens with two attached hydrogens (primary N) is 1. The molecule has 0 fully saturated rings. The Morgan fingerprint density at radius 3 is 2.67 bits per heavy atom. The zero-order chi connectivity index (χ0) is 15.0. The summed E-state index contributed by atoms with van der Waals surface area (Å²) in [5, 5.41) is 1.55. The van der Waals surface area contributed by atoms with Crippen molar-refractivity contribution >= 4 is 22.6 Å². The molecule has 0 aliphatic carbocycles. The number of ether oxygens (including phenoxy) is 1. The van der Waals surface area contributed by atoms with Gasteiger partial charge in [0.25, 0.3) is 0 Å². The van der Waals surface area contributed by atoms with Gasteiger partial charge in [0.05, 0.1) is 18.2 Å². The Bertz CT molecular complexity index is 795. The molecular formula is C17H16ClNO2. The summed E-state index contributed by atoms with van der Waals surface area (Å²) in [5.41, 5.74) is 9.01. The summed E-state index contributed by atoms with van der Waals surface area (Å²) in [6.45, 7) is 1.99. The van der Waals surface area contributed by atoms with E-state index < -0.39 is 0 Å². The Morgan fingerprint density at radius 2 is 2.00 bits per heavy atom. The number of furan rings is 1. The third-order valence-electron chi connectivity index (χ3n) is 3.60. The third-order valence-corrected chi connectivity index (χ3v) is 3.90. The predicted molar refractivity (Wildman–Crippen MR) is 85.0 cm³/mol. The van der Waals surface area contributed by atoms with E-state index in [1.165, 1.54) is 0 Å². The van der Waals surface area contributed by atoms with Crippen LogP contribution in [0.25, 0.3) is 11.0 Å². The fourth-order valence-corrected chi connectivity index (χ4v) is 2.68. The van der Waals surface area contributed by atoms with Crippen LogP contribution in [-0.4, -0.2) is 7.11 Å². The van der Waals surface area contributed by atoms with Crippen molar-refractivity contribution in [2.24, 2.45) is 5.73 Å². The van der Waals surface area contributed by atoms with Gasteiger partial charge in [0.1, 0.15) is 11.5 Å². The highest BCUT2D eigenvalue weighted by molar-refractivity contribution is 6.34. The minimum Gasteiger partial charge on any atom is -0.496 e. The van der Waals surface area contributed by atoms with Crippen LogP contribution in [0.15, 0.2) is 46.9 Å². The van der Waals surface area contributed by atoms with Crippen LogP contribution in [0.3, 0.4) is 0 Å². The topological polar surface area (TPSA) is 48.4 Å². The van der Waals surface area contributed by atoms with E-state index in [2.05, 4.69) is 0 Å². The molecular weight excluding hydrogens is 286 g/mol. The fourth-order valence-electron chi connectivity index (χ4n) is 2.46. The van der Waals surface area contributed by atoms with Crippen LogP contribution in [0.4, 0.5) is 0 Å². The highest BCUT2D eigenvalue weighted by Gasteiger charge is 2.16. The lowest BCUT2D eigenvalue weighted by Gasteiger charge is -2.12. The highest BCUT2D eigenvalue weighted by atomic mass is 35.5. The first-order chi connectivity index (χ1) is 10.1. The van der Waals surface area contributed by atoms with E-state index in [4.69, 9.17) is 26.5 Å². The molecule has 3 nitrogen and oxygen atoms in total. The van der Waals surface area contributed by atoms with Gasteiger partial charge in [-0.1, -0.05) is 35.9 Å². The molecule has 0 saturated carbocycles. The molecule has 1 aromatic heterocycles. The molecule has 0 bridgehead atoms. The molecule has 1 atom stereocenters. The zero-order valence-electron chi connectivity index (χ0n) is 11.9. The van der Waals surface area contributed by atoms with Crippen LogP contribution >= 0.6 is 11.6 Å². The second kappa shape index (κ2) is 5.43. The van der Waals surface area contributed by atoms with Gasteiger partial charge in [0.15, 0.2) is 5.58 Å². The first kappa shape index (κ1) is 14.0. The largest absolute Gasteiger partial charge is 0.496 e. The van der Waals surface area contributed by atoms with Crippen molar-refractivity contribution in [2.75, 3.05) is 7.11 Å². The monoisotopic (exact) mass is 301 g/mol. The summed E-state index contributed by atoms with van der Waals surface area (Å²) >= 11 is 6.13. The smallest absolute Gasteiger partial charge is 0.152 e. The summed E-state index contributed by atoms with van der Waals surface area (Å²) in [7, 11) is 1.66. The molecule has 0 spiro atoms. The molecule has 0 saturated heterocycles. The van der Waals surface area contributed by atoms with Crippen LogP contribution in [0.1, 0.15) is 22.9 Å². The van der Waals surface area contributed by atoms with Crippen molar-refractivity contribution < 1.29 is 9.15 Å². The second-order valence-corrected chi connectivity index (χ2v) is 5.42. The van der Waals surface area contributed by atoms with E-state index in [9.17, 15) is 0 Å². The van der Waals surface area contributed by atoms with E-state index >= 15 is 0 Å². The normalized spacial score (nSPS) is 12.6. The molecule has 1 unspecified atom stereocenters. The molecule has 3 rings (SSSR count). The summed E-state index contributed by atoms with van der Waals surface area (Å²) in [6.07, 6.45) is 0. The van der Waals surface area contributed by atoms with Gasteiger partial charge in [0, 0.05) is 5.39 Å². The Kier molecular flexibility index (Phi) is 3.62. The van der Waals surface area contributed by atoms with Crippen molar-refractivity contribution in [3.63, 3.8) is 0 Å². The van der Waals surface area contributed by atoms with Gasteiger partial charge in [-0.3, -0.25) is 0 Å². The summed E-state index contributed by atoms with van der Waals surface area (Å²) < 4.78 is 11.1. The molecule has 21 heavy (non-hydrogen) atoms. The molecule has 108 valence electrons. The van der Waals surface area contributed by atoms with E-state index in [0.717, 1.165) is 22.3 Å². The predicted octanol–water partition coefficient (Wildman–Crippen LogP) is 4.45. The minimum atomic E-state index is -0.335. The molecule has 0 amide bonds. The molecule has 2 N–H and O–H groups in total. The van der Waals surface area contributed by atoms with Gasteiger partial charge in [-0.15, -0.1) is 0 Å². The maximum atomic E-state index is 6.31. The lowest BCUT2D eigenvalue weighted by molar-refractivity contribution is 0.411. The summed E-state index contributed by atoms with van der Waals surface area (Å²) in [6, 6.07) is 13.1. The van der Waals surface area contributed by atoms with Crippen molar-refractivity contribution in [1.29, 1.82) is 0 Å². The van der Waals surface area contributed by atoms with Gasteiger partial charge >= 0.3 is 0 Å². The molecule has 0 radical (unpaired) electrons. The second-order valence-electron chi connectivity index (χ2n) is 5.01. The molecule has 1 heterocycles. The van der Waals surface area contributed by atoms with E-state index in [1.807, 2.05) is 43.3 Å². The zero-order valence-corrected chi connectivity index (χ0v) is 12.6. The third kappa shape index (κ3) is 2.50. The van der Waals surface area contributed by atoms with Crippen molar-refractivity contribution in [3.8, 4) is 5.75 Å². The Balaban J connectivity index is 2.01. The quantitative estimate of drug-likeness (QED) is 0.777. The van der Waals surface area contributed by atoms with Gasteiger partial charge in [-0.2, -0.15) is 0 Å². The number of halogens is 1. The Hall–Kier alpha value is -1.97. The van der Waals surface area contributed by atoms with Crippen LogP contribution in [0.5, 0.6) is 5.75 Å². The van der Waals surface area contributed by atoms with Gasteiger partial charge in [-0.05, 0) is 36.2 Å². The van der Waals surface area contributed by atoms with Crippen molar-refractivity contribution in [1.82, 2.24) is 0 Å². The Morgan fingerprint density at radius 1 is 1.19 bits per heavy atom. The van der Waals surface area contributed by atoms with Crippen LogP contribution in [0, 0.1) is 6.92 Å². The number of para-hydroxylation sites is 1. The summed E-state index contributed by atoms with van der Waals surface area (Å²) in [5.74, 6) is 1.54. The number of hydrogen-bond acceptors (Lipinski definition) is 3. The average molecular weight is 302 g/mol. The SMILES string of the molecule is COc1ccc(C(N)c2cc3cccc(Cl)c3o2)cc1C. The molecule has 0 aliphatic heterocycles. The first-order valence-corrected chi connectivity index (χ1v) is 7.06. The standard InChI is InChI=1S/C17H16ClNO2/c1-10-8-11(6-7-14(10)20-2)16(19)15-9-12-4-3-5-13(18)17(12)21-15/h3-9,16H,19H2,1-2H3.